The number of piperidine rings is 1. The molecule has 2 aliphatic rings. The van der Waals surface area contributed by atoms with Crippen LogP contribution in [0, 0.1) is 0 Å². The molecule has 0 spiro atoms. The van der Waals surface area contributed by atoms with Crippen molar-refractivity contribution in [1.29, 1.82) is 0 Å². The summed E-state index contributed by atoms with van der Waals surface area (Å²) in [6.07, 6.45) is -0.0292. The van der Waals surface area contributed by atoms with Gasteiger partial charge in [0, 0.05) is 13.0 Å². The second-order valence-electron chi connectivity index (χ2n) is 6.35. The average Bonchev–Trinajstić information content (AvgIpc) is 2.90. The Kier molecular flexibility index (Phi) is 5.59. The summed E-state index contributed by atoms with van der Waals surface area (Å²) in [5.74, 6) is -3.25. The summed E-state index contributed by atoms with van der Waals surface area (Å²) in [5, 5.41) is 2.09. The zero-order valence-corrected chi connectivity index (χ0v) is 15.7. The number of fused-ring (bicyclic) bond motifs is 1. The van der Waals surface area contributed by atoms with Crippen LogP contribution in [0.1, 0.15) is 33.6 Å². The van der Waals surface area contributed by atoms with Crippen LogP contribution in [0.25, 0.3) is 0 Å². The predicted molar refractivity (Wildman–Crippen MR) is 95.0 cm³/mol. The largest absolute Gasteiger partial charge is 0.379 e. The van der Waals surface area contributed by atoms with Crippen LogP contribution in [-0.4, -0.2) is 68.5 Å². The van der Waals surface area contributed by atoms with E-state index in [1.54, 1.807) is 0 Å². The summed E-state index contributed by atoms with van der Waals surface area (Å²) >= 11 is 0. The molecule has 10 nitrogen and oxygen atoms in total. The van der Waals surface area contributed by atoms with Crippen LogP contribution in [0.3, 0.4) is 0 Å². The van der Waals surface area contributed by atoms with Crippen molar-refractivity contribution in [1.82, 2.24) is 10.2 Å². The SMILES string of the molecule is NCCOCCS(=O)(=O)c1cccc2c1C(=O)N(C1CCC(=O)NC1=O)C2=O. The Balaban J connectivity index is 1.92. The quantitative estimate of drug-likeness (QED) is 0.422. The number of ether oxygens (including phenoxy) is 1. The summed E-state index contributed by atoms with van der Waals surface area (Å²) in [5.41, 5.74) is 4.95. The minimum Gasteiger partial charge on any atom is -0.379 e. The average molecular weight is 409 g/mol. The van der Waals surface area contributed by atoms with Crippen molar-refractivity contribution in [2.75, 3.05) is 25.5 Å². The third kappa shape index (κ3) is 3.55. The standard InChI is InChI=1S/C17H19N3O7S/c18-6-7-27-8-9-28(25,26)12-3-1-2-10-14(12)17(24)20(16(10)23)11-4-5-13(21)19-15(11)22/h1-3,11H,4-9,18H2,(H,19,21,22). The number of rotatable bonds is 7. The minimum absolute atomic E-state index is 0.00878. The molecule has 0 radical (unpaired) electrons. The highest BCUT2D eigenvalue weighted by atomic mass is 32.2. The summed E-state index contributed by atoms with van der Waals surface area (Å²) < 4.78 is 30.5. The van der Waals surface area contributed by atoms with Gasteiger partial charge in [0.1, 0.15) is 6.04 Å². The molecule has 0 saturated carbocycles. The van der Waals surface area contributed by atoms with Crippen LogP contribution in [0.15, 0.2) is 23.1 Å². The van der Waals surface area contributed by atoms with Gasteiger partial charge in [0.05, 0.1) is 35.0 Å². The van der Waals surface area contributed by atoms with Gasteiger partial charge in [-0.15, -0.1) is 0 Å². The molecule has 1 aromatic carbocycles. The van der Waals surface area contributed by atoms with Gasteiger partial charge in [-0.25, -0.2) is 8.42 Å². The number of carbonyl (C=O) groups is 4. The number of nitrogens with one attached hydrogen (secondary N) is 1. The number of hydrogen-bond donors (Lipinski definition) is 2. The van der Waals surface area contributed by atoms with Crippen molar-refractivity contribution < 1.29 is 32.3 Å². The van der Waals surface area contributed by atoms with Crippen LogP contribution in [-0.2, 0) is 24.2 Å². The van der Waals surface area contributed by atoms with E-state index >= 15 is 0 Å². The second kappa shape index (κ2) is 7.78. The fourth-order valence-electron chi connectivity index (χ4n) is 3.21. The number of imide groups is 2. The molecule has 1 atom stereocenters. The molecule has 150 valence electrons. The lowest BCUT2D eigenvalue weighted by molar-refractivity contribution is -0.136. The van der Waals surface area contributed by atoms with Crippen LogP contribution < -0.4 is 11.1 Å². The fraction of sp³-hybridized carbons (Fsp3) is 0.412. The number of benzene rings is 1. The number of amides is 4. The number of nitrogens with zero attached hydrogens (tertiary/aromatic N) is 1. The molecule has 28 heavy (non-hydrogen) atoms. The molecule has 11 heteroatoms. The molecule has 1 fully saturated rings. The normalized spacial score (nSPS) is 19.8. The van der Waals surface area contributed by atoms with Gasteiger partial charge in [0.25, 0.3) is 11.8 Å². The first kappa shape index (κ1) is 20.1. The van der Waals surface area contributed by atoms with Gasteiger partial charge in [0.15, 0.2) is 9.84 Å². The van der Waals surface area contributed by atoms with Crippen LogP contribution in [0.2, 0.25) is 0 Å². The zero-order chi connectivity index (χ0) is 20.5. The van der Waals surface area contributed by atoms with Crippen LogP contribution in [0.5, 0.6) is 0 Å². The highest BCUT2D eigenvalue weighted by Gasteiger charge is 2.46. The van der Waals surface area contributed by atoms with E-state index in [-0.39, 0.29) is 54.4 Å². The first-order valence-corrected chi connectivity index (χ1v) is 10.3. The maximum Gasteiger partial charge on any atom is 0.263 e. The molecule has 0 aliphatic carbocycles. The smallest absolute Gasteiger partial charge is 0.263 e. The number of sulfone groups is 1. The lowest BCUT2D eigenvalue weighted by Crippen LogP contribution is -2.54. The third-order valence-corrected chi connectivity index (χ3v) is 6.24. The molecule has 2 heterocycles. The zero-order valence-electron chi connectivity index (χ0n) is 14.8. The van der Waals surface area contributed by atoms with Crippen molar-refractivity contribution in [2.45, 2.75) is 23.8 Å². The minimum atomic E-state index is -3.92. The van der Waals surface area contributed by atoms with E-state index < -0.39 is 39.5 Å². The van der Waals surface area contributed by atoms with E-state index in [9.17, 15) is 27.6 Å². The van der Waals surface area contributed by atoms with Crippen molar-refractivity contribution in [3.63, 3.8) is 0 Å². The van der Waals surface area contributed by atoms with E-state index in [4.69, 9.17) is 10.5 Å². The van der Waals surface area contributed by atoms with Crippen LogP contribution >= 0.6 is 0 Å². The Hall–Kier alpha value is -2.63. The molecule has 1 unspecified atom stereocenters. The summed E-state index contributed by atoms with van der Waals surface area (Å²) in [6, 6.07) is 2.79. The topological polar surface area (TPSA) is 153 Å². The summed E-state index contributed by atoms with van der Waals surface area (Å²) in [7, 11) is -3.92. The number of carbonyl (C=O) groups excluding carboxylic acids is 4. The van der Waals surface area contributed by atoms with Crippen molar-refractivity contribution >= 4 is 33.5 Å². The molecule has 1 aromatic rings. The van der Waals surface area contributed by atoms with Gasteiger partial charge in [0.2, 0.25) is 11.8 Å². The first-order chi connectivity index (χ1) is 13.3. The molecule has 3 rings (SSSR count). The van der Waals surface area contributed by atoms with Gasteiger partial charge in [-0.05, 0) is 18.6 Å². The van der Waals surface area contributed by atoms with Crippen molar-refractivity contribution in [2.24, 2.45) is 5.73 Å². The number of nitrogens with two attached hydrogens (primary N) is 1. The Morgan fingerprint density at radius 2 is 1.89 bits per heavy atom. The second-order valence-corrected chi connectivity index (χ2v) is 8.42. The van der Waals surface area contributed by atoms with Crippen molar-refractivity contribution in [3.8, 4) is 0 Å². The van der Waals surface area contributed by atoms with Crippen molar-refractivity contribution in [3.05, 3.63) is 29.3 Å². The lowest BCUT2D eigenvalue weighted by Gasteiger charge is -2.27. The molecular formula is C17H19N3O7S. The summed E-state index contributed by atoms with van der Waals surface area (Å²) in [4.78, 5) is 49.5. The third-order valence-electron chi connectivity index (χ3n) is 4.52. The molecule has 0 aromatic heterocycles. The molecule has 0 bridgehead atoms. The Morgan fingerprint density at radius 3 is 2.57 bits per heavy atom. The van der Waals surface area contributed by atoms with Crippen LogP contribution in [0.4, 0.5) is 0 Å². The van der Waals surface area contributed by atoms with E-state index in [2.05, 4.69) is 5.32 Å². The van der Waals surface area contributed by atoms with Gasteiger partial charge in [-0.2, -0.15) is 0 Å². The first-order valence-electron chi connectivity index (χ1n) is 8.63. The van der Waals surface area contributed by atoms with Gasteiger partial charge < -0.3 is 10.5 Å². The van der Waals surface area contributed by atoms with E-state index in [1.807, 2.05) is 0 Å². The van der Waals surface area contributed by atoms with E-state index in [0.717, 1.165) is 4.90 Å². The highest BCUT2D eigenvalue weighted by molar-refractivity contribution is 7.91. The Labute approximate surface area is 160 Å². The number of hydrogen-bond acceptors (Lipinski definition) is 8. The monoisotopic (exact) mass is 409 g/mol. The van der Waals surface area contributed by atoms with E-state index in [0.29, 0.717) is 0 Å². The summed E-state index contributed by atoms with van der Waals surface area (Å²) in [6.45, 7) is 0.333. The van der Waals surface area contributed by atoms with E-state index in [1.165, 1.54) is 18.2 Å². The molecule has 4 amide bonds. The molecule has 2 aliphatic heterocycles. The van der Waals surface area contributed by atoms with Gasteiger partial charge >= 0.3 is 0 Å². The molecular weight excluding hydrogens is 390 g/mol. The van der Waals surface area contributed by atoms with Gasteiger partial charge in [-0.3, -0.25) is 29.4 Å². The van der Waals surface area contributed by atoms with Gasteiger partial charge in [-0.1, -0.05) is 6.07 Å². The maximum atomic E-state index is 12.9. The predicted octanol–water partition coefficient (Wildman–Crippen LogP) is -1.16. The lowest BCUT2D eigenvalue weighted by atomic mass is 10.0. The fourth-order valence-corrected chi connectivity index (χ4v) is 4.56. The Morgan fingerprint density at radius 1 is 1.14 bits per heavy atom. The Bertz CT molecular complexity index is 957. The molecule has 1 saturated heterocycles. The molecule has 3 N–H and O–H groups in total. The maximum absolute atomic E-state index is 12.9. The highest BCUT2D eigenvalue weighted by Crippen LogP contribution is 2.32.